The van der Waals surface area contributed by atoms with Gasteiger partial charge in [0.05, 0.1) is 6.54 Å². The van der Waals surface area contributed by atoms with E-state index >= 15 is 0 Å². The van der Waals surface area contributed by atoms with Gasteiger partial charge in [0.1, 0.15) is 0 Å². The van der Waals surface area contributed by atoms with Crippen LogP contribution in [0.4, 0.5) is 0 Å². The van der Waals surface area contributed by atoms with E-state index in [2.05, 4.69) is 67.5 Å². The molecular formula is C14H20N4. The maximum absolute atomic E-state index is 4.14. The predicted octanol–water partition coefficient (Wildman–Crippen LogP) is 2.77. The second-order valence-electron chi connectivity index (χ2n) is 5.75. The molecule has 0 aliphatic carbocycles. The Balaban J connectivity index is 2.18. The standard InChI is InChI=1S/C14H20N4/c1-11(12-8-6-5-7-9-12)10-18-13(14(2,3)4)15-16-17-18/h5-9,11H,10H2,1-4H3. The lowest BCUT2D eigenvalue weighted by molar-refractivity contribution is 0.447. The molecule has 0 fully saturated rings. The average Bonchev–Trinajstić information content (AvgIpc) is 2.78. The first kappa shape index (κ1) is 12.7. The predicted molar refractivity (Wildman–Crippen MR) is 71.4 cm³/mol. The van der Waals surface area contributed by atoms with Crippen LogP contribution in [0.25, 0.3) is 0 Å². The van der Waals surface area contributed by atoms with E-state index in [0.717, 1.165) is 12.4 Å². The molecule has 0 radical (unpaired) electrons. The molecule has 1 aromatic heterocycles. The Hall–Kier alpha value is -1.71. The van der Waals surface area contributed by atoms with Crippen LogP contribution in [0.3, 0.4) is 0 Å². The summed E-state index contributed by atoms with van der Waals surface area (Å²) >= 11 is 0. The van der Waals surface area contributed by atoms with Crippen molar-refractivity contribution in [3.05, 3.63) is 41.7 Å². The van der Waals surface area contributed by atoms with E-state index < -0.39 is 0 Å². The molecule has 0 aliphatic heterocycles. The van der Waals surface area contributed by atoms with Gasteiger partial charge in [-0.3, -0.25) is 0 Å². The molecule has 1 atom stereocenters. The first-order chi connectivity index (χ1) is 8.48. The third-order valence-corrected chi connectivity index (χ3v) is 3.02. The largest absolute Gasteiger partial charge is 0.228 e. The molecule has 2 rings (SSSR count). The van der Waals surface area contributed by atoms with Crippen molar-refractivity contribution >= 4 is 0 Å². The van der Waals surface area contributed by atoms with Crippen LogP contribution in [-0.2, 0) is 12.0 Å². The minimum Gasteiger partial charge on any atom is -0.228 e. The summed E-state index contributed by atoms with van der Waals surface area (Å²) in [6.45, 7) is 9.39. The zero-order valence-corrected chi connectivity index (χ0v) is 11.5. The highest BCUT2D eigenvalue weighted by molar-refractivity contribution is 5.18. The molecule has 0 amide bonds. The van der Waals surface area contributed by atoms with Gasteiger partial charge in [-0.2, -0.15) is 0 Å². The summed E-state index contributed by atoms with van der Waals surface area (Å²) in [5.41, 5.74) is 1.28. The van der Waals surface area contributed by atoms with Gasteiger partial charge in [-0.1, -0.05) is 58.0 Å². The molecule has 1 unspecified atom stereocenters. The van der Waals surface area contributed by atoms with Crippen molar-refractivity contribution in [2.24, 2.45) is 0 Å². The van der Waals surface area contributed by atoms with Crippen molar-refractivity contribution in [1.82, 2.24) is 20.2 Å². The SMILES string of the molecule is CC(Cn1nnnc1C(C)(C)C)c1ccccc1. The lowest BCUT2D eigenvalue weighted by atomic mass is 9.95. The minimum atomic E-state index is -0.0279. The Morgan fingerprint density at radius 1 is 1.17 bits per heavy atom. The van der Waals surface area contributed by atoms with Crippen LogP contribution in [0, 0.1) is 0 Å². The second kappa shape index (κ2) is 4.88. The Morgan fingerprint density at radius 3 is 2.44 bits per heavy atom. The van der Waals surface area contributed by atoms with Crippen molar-refractivity contribution in [3.8, 4) is 0 Å². The topological polar surface area (TPSA) is 43.6 Å². The van der Waals surface area contributed by atoms with E-state index in [-0.39, 0.29) is 5.41 Å². The number of aromatic nitrogens is 4. The average molecular weight is 244 g/mol. The Labute approximate surface area is 108 Å². The van der Waals surface area contributed by atoms with Crippen LogP contribution in [0.2, 0.25) is 0 Å². The van der Waals surface area contributed by atoms with Gasteiger partial charge in [-0.15, -0.1) is 5.10 Å². The summed E-state index contributed by atoms with van der Waals surface area (Å²) < 4.78 is 1.91. The fourth-order valence-electron chi connectivity index (χ4n) is 2.01. The van der Waals surface area contributed by atoms with Crippen LogP contribution in [0.1, 0.15) is 45.0 Å². The van der Waals surface area contributed by atoms with Gasteiger partial charge < -0.3 is 0 Å². The van der Waals surface area contributed by atoms with Crippen molar-refractivity contribution < 1.29 is 0 Å². The van der Waals surface area contributed by atoms with Gasteiger partial charge in [0.15, 0.2) is 5.82 Å². The molecule has 0 aliphatic rings. The lowest BCUT2D eigenvalue weighted by Gasteiger charge is -2.19. The fourth-order valence-corrected chi connectivity index (χ4v) is 2.01. The number of rotatable bonds is 3. The monoisotopic (exact) mass is 244 g/mol. The highest BCUT2D eigenvalue weighted by atomic mass is 15.5. The molecule has 2 aromatic rings. The van der Waals surface area contributed by atoms with Crippen LogP contribution < -0.4 is 0 Å². The van der Waals surface area contributed by atoms with Crippen molar-refractivity contribution in [2.45, 2.75) is 45.6 Å². The number of benzene rings is 1. The van der Waals surface area contributed by atoms with Crippen LogP contribution in [0.15, 0.2) is 30.3 Å². The van der Waals surface area contributed by atoms with Crippen LogP contribution in [-0.4, -0.2) is 20.2 Å². The number of hydrogen-bond donors (Lipinski definition) is 0. The number of tetrazole rings is 1. The van der Waals surface area contributed by atoms with Gasteiger partial charge in [0.2, 0.25) is 0 Å². The molecule has 18 heavy (non-hydrogen) atoms. The third kappa shape index (κ3) is 2.75. The third-order valence-electron chi connectivity index (χ3n) is 3.02. The smallest absolute Gasteiger partial charge is 0.156 e. The van der Waals surface area contributed by atoms with E-state index in [4.69, 9.17) is 0 Å². The summed E-state index contributed by atoms with van der Waals surface area (Å²) in [4.78, 5) is 0. The molecule has 0 N–H and O–H groups in total. The molecule has 1 heterocycles. The molecule has 0 saturated carbocycles. The fraction of sp³-hybridized carbons (Fsp3) is 0.500. The van der Waals surface area contributed by atoms with E-state index in [1.807, 2.05) is 10.7 Å². The highest BCUT2D eigenvalue weighted by Gasteiger charge is 2.22. The van der Waals surface area contributed by atoms with Gasteiger partial charge in [0.25, 0.3) is 0 Å². The van der Waals surface area contributed by atoms with Crippen LogP contribution in [0.5, 0.6) is 0 Å². The van der Waals surface area contributed by atoms with Gasteiger partial charge in [-0.25, -0.2) is 4.68 Å². The lowest BCUT2D eigenvalue weighted by Crippen LogP contribution is -2.21. The first-order valence-electron chi connectivity index (χ1n) is 6.30. The Morgan fingerprint density at radius 2 is 1.83 bits per heavy atom. The van der Waals surface area contributed by atoms with Crippen LogP contribution >= 0.6 is 0 Å². The maximum Gasteiger partial charge on any atom is 0.156 e. The van der Waals surface area contributed by atoms with E-state index in [0.29, 0.717) is 5.92 Å². The number of nitrogens with zero attached hydrogens (tertiary/aromatic N) is 4. The highest BCUT2D eigenvalue weighted by Crippen LogP contribution is 2.22. The summed E-state index contributed by atoms with van der Waals surface area (Å²) in [6.07, 6.45) is 0. The van der Waals surface area contributed by atoms with Gasteiger partial charge >= 0.3 is 0 Å². The molecule has 0 saturated heterocycles. The molecule has 96 valence electrons. The van der Waals surface area contributed by atoms with Crippen molar-refractivity contribution in [1.29, 1.82) is 0 Å². The second-order valence-corrected chi connectivity index (χ2v) is 5.75. The van der Waals surface area contributed by atoms with E-state index in [1.165, 1.54) is 5.56 Å². The van der Waals surface area contributed by atoms with E-state index in [1.54, 1.807) is 0 Å². The summed E-state index contributed by atoms with van der Waals surface area (Å²) in [7, 11) is 0. The summed E-state index contributed by atoms with van der Waals surface area (Å²) in [5.74, 6) is 1.33. The zero-order valence-electron chi connectivity index (χ0n) is 11.5. The minimum absolute atomic E-state index is 0.0279. The molecule has 4 nitrogen and oxygen atoms in total. The van der Waals surface area contributed by atoms with E-state index in [9.17, 15) is 0 Å². The molecule has 1 aromatic carbocycles. The summed E-state index contributed by atoms with van der Waals surface area (Å²) in [5, 5.41) is 12.0. The van der Waals surface area contributed by atoms with Crippen molar-refractivity contribution in [2.75, 3.05) is 0 Å². The molecule has 4 heteroatoms. The Kier molecular flexibility index (Phi) is 3.45. The normalized spacial score (nSPS) is 13.6. The van der Waals surface area contributed by atoms with Crippen molar-refractivity contribution in [3.63, 3.8) is 0 Å². The zero-order chi connectivity index (χ0) is 13.2. The number of hydrogen-bond acceptors (Lipinski definition) is 3. The quantitative estimate of drug-likeness (QED) is 0.834. The maximum atomic E-state index is 4.14. The summed E-state index contributed by atoms with van der Waals surface area (Å²) in [6, 6.07) is 10.5. The molecule has 0 spiro atoms. The van der Waals surface area contributed by atoms with Gasteiger partial charge in [0, 0.05) is 11.3 Å². The first-order valence-corrected chi connectivity index (χ1v) is 6.30. The molecule has 0 bridgehead atoms. The van der Waals surface area contributed by atoms with Gasteiger partial charge in [-0.05, 0) is 16.0 Å². The molecular weight excluding hydrogens is 224 g/mol. The Bertz CT molecular complexity index is 496.